The first-order chi connectivity index (χ1) is 8.03. The average Bonchev–Trinajstić information content (AvgIpc) is 2.33. The Hall–Kier alpha value is -0.910. The Bertz CT molecular complexity index is 472. The van der Waals surface area contributed by atoms with Crippen LogP contribution in [0.1, 0.15) is 24.5 Å². The highest BCUT2D eigenvalue weighted by molar-refractivity contribution is 7.89. The molecule has 1 aromatic rings. The van der Waals surface area contributed by atoms with Crippen molar-refractivity contribution in [2.75, 3.05) is 13.6 Å². The second-order valence-corrected chi connectivity index (χ2v) is 6.66. The van der Waals surface area contributed by atoms with Crippen molar-refractivity contribution in [2.45, 2.75) is 24.2 Å². The highest BCUT2D eigenvalue weighted by atomic mass is 32.2. The number of aliphatic hydroxyl groups is 1. The van der Waals surface area contributed by atoms with E-state index < -0.39 is 21.4 Å². The van der Waals surface area contributed by atoms with E-state index in [2.05, 4.69) is 0 Å². The summed E-state index contributed by atoms with van der Waals surface area (Å²) in [5.41, 5.74) is 0.663. The number of rotatable bonds is 2. The molecule has 2 atom stereocenters. The lowest BCUT2D eigenvalue weighted by molar-refractivity contribution is 0.158. The summed E-state index contributed by atoms with van der Waals surface area (Å²) in [5, 5.41) is 9.47. The van der Waals surface area contributed by atoms with Crippen molar-refractivity contribution >= 4 is 10.0 Å². The molecule has 0 bridgehead atoms. The summed E-state index contributed by atoms with van der Waals surface area (Å²) >= 11 is 0. The van der Waals surface area contributed by atoms with E-state index in [1.54, 1.807) is 31.3 Å². The van der Waals surface area contributed by atoms with Crippen molar-refractivity contribution in [2.24, 2.45) is 0 Å². The zero-order valence-electron chi connectivity index (χ0n) is 9.78. The number of benzene rings is 1. The quantitative estimate of drug-likeness (QED) is 0.862. The van der Waals surface area contributed by atoms with E-state index in [9.17, 15) is 13.5 Å². The van der Waals surface area contributed by atoms with Gasteiger partial charge in [0.05, 0.1) is 6.10 Å². The van der Waals surface area contributed by atoms with E-state index in [0.717, 1.165) is 6.42 Å². The van der Waals surface area contributed by atoms with Crippen molar-refractivity contribution in [1.82, 2.24) is 4.31 Å². The fourth-order valence-electron chi connectivity index (χ4n) is 2.21. The summed E-state index contributed by atoms with van der Waals surface area (Å²) in [6, 6.07) is 8.97. The molecule has 1 fully saturated rings. The predicted octanol–water partition coefficient (Wildman–Crippen LogP) is 1.14. The second kappa shape index (κ2) is 4.76. The molecule has 0 radical (unpaired) electrons. The first-order valence-corrected chi connectivity index (χ1v) is 7.22. The molecule has 0 aromatic heterocycles. The predicted molar refractivity (Wildman–Crippen MR) is 66.0 cm³/mol. The monoisotopic (exact) mass is 255 g/mol. The zero-order valence-corrected chi connectivity index (χ0v) is 10.6. The van der Waals surface area contributed by atoms with Crippen LogP contribution in [0.5, 0.6) is 0 Å². The molecule has 1 aliphatic rings. The summed E-state index contributed by atoms with van der Waals surface area (Å²) in [7, 11) is -1.80. The fourth-order valence-corrected chi connectivity index (χ4v) is 4.00. The molecule has 1 aliphatic heterocycles. The van der Waals surface area contributed by atoms with Gasteiger partial charge in [-0.2, -0.15) is 0 Å². The smallest absolute Gasteiger partial charge is 0.219 e. The van der Waals surface area contributed by atoms with Crippen molar-refractivity contribution in [3.8, 4) is 0 Å². The van der Waals surface area contributed by atoms with Crippen molar-refractivity contribution in [1.29, 1.82) is 0 Å². The average molecular weight is 255 g/mol. The first-order valence-electron chi connectivity index (χ1n) is 5.71. The molecule has 1 N–H and O–H groups in total. The Balaban J connectivity index is 2.28. The van der Waals surface area contributed by atoms with Gasteiger partial charge in [0.1, 0.15) is 5.25 Å². The number of hydrogen-bond acceptors (Lipinski definition) is 3. The van der Waals surface area contributed by atoms with Gasteiger partial charge in [-0.05, 0) is 18.4 Å². The lowest BCUT2D eigenvalue weighted by Crippen LogP contribution is -2.44. The molecule has 2 rings (SSSR count). The van der Waals surface area contributed by atoms with Crippen LogP contribution < -0.4 is 0 Å². The molecular formula is C12H17NO3S. The fraction of sp³-hybridized carbons (Fsp3) is 0.500. The maximum atomic E-state index is 12.1. The van der Waals surface area contributed by atoms with Crippen LogP contribution in [0, 0.1) is 0 Å². The normalized spacial score (nSPS) is 26.6. The van der Waals surface area contributed by atoms with E-state index in [-0.39, 0.29) is 0 Å². The second-order valence-electron chi connectivity index (χ2n) is 4.40. The topological polar surface area (TPSA) is 57.6 Å². The molecule has 0 amide bonds. The van der Waals surface area contributed by atoms with Crippen LogP contribution in [-0.2, 0) is 10.0 Å². The minimum absolute atomic E-state index is 0.517. The summed E-state index contributed by atoms with van der Waals surface area (Å²) in [4.78, 5) is 0. The Kier molecular flexibility index (Phi) is 3.51. The summed E-state index contributed by atoms with van der Waals surface area (Å²) < 4.78 is 25.5. The Morgan fingerprint density at radius 1 is 1.35 bits per heavy atom. The van der Waals surface area contributed by atoms with Gasteiger partial charge in [-0.25, -0.2) is 12.7 Å². The molecule has 0 spiro atoms. The third-order valence-corrected chi connectivity index (χ3v) is 5.58. The lowest BCUT2D eigenvalue weighted by atomic mass is 10.0. The van der Waals surface area contributed by atoms with Gasteiger partial charge in [0.15, 0.2) is 0 Å². The highest BCUT2D eigenvalue weighted by Gasteiger charge is 2.38. The van der Waals surface area contributed by atoms with Crippen LogP contribution in [0.15, 0.2) is 30.3 Å². The van der Waals surface area contributed by atoms with Gasteiger partial charge < -0.3 is 5.11 Å². The van der Waals surface area contributed by atoms with Crippen LogP contribution in [-0.4, -0.2) is 36.7 Å². The standard InChI is InChI=1S/C12H17NO3S/c1-13-9-5-8-11(17(13,15)16)12(14)10-6-3-2-4-7-10/h2-4,6-7,11-12,14H,5,8-9H2,1H3/t11-,12-/m1/s1. The van der Waals surface area contributed by atoms with Crippen LogP contribution in [0.2, 0.25) is 0 Å². The molecule has 1 heterocycles. The summed E-state index contributed by atoms with van der Waals surface area (Å²) in [5.74, 6) is 0. The number of nitrogens with zero attached hydrogens (tertiary/aromatic N) is 1. The zero-order chi connectivity index (χ0) is 12.5. The van der Waals surface area contributed by atoms with Crippen LogP contribution in [0.3, 0.4) is 0 Å². The van der Waals surface area contributed by atoms with Gasteiger partial charge in [0.25, 0.3) is 0 Å². The number of sulfonamides is 1. The van der Waals surface area contributed by atoms with E-state index in [4.69, 9.17) is 0 Å². The van der Waals surface area contributed by atoms with Crippen molar-refractivity contribution in [3.63, 3.8) is 0 Å². The Morgan fingerprint density at radius 3 is 2.65 bits per heavy atom. The molecule has 94 valence electrons. The molecule has 17 heavy (non-hydrogen) atoms. The van der Waals surface area contributed by atoms with Gasteiger partial charge in [0.2, 0.25) is 10.0 Å². The van der Waals surface area contributed by atoms with Gasteiger partial charge in [0, 0.05) is 13.6 Å². The van der Waals surface area contributed by atoms with Gasteiger partial charge in [-0.15, -0.1) is 0 Å². The maximum Gasteiger partial charge on any atom is 0.219 e. The molecule has 4 nitrogen and oxygen atoms in total. The van der Waals surface area contributed by atoms with Crippen LogP contribution in [0.4, 0.5) is 0 Å². The molecule has 1 aromatic carbocycles. The van der Waals surface area contributed by atoms with Gasteiger partial charge >= 0.3 is 0 Å². The van der Waals surface area contributed by atoms with Crippen molar-refractivity contribution < 1.29 is 13.5 Å². The minimum Gasteiger partial charge on any atom is -0.387 e. The summed E-state index contributed by atoms with van der Waals surface area (Å²) in [6.07, 6.45) is 0.372. The third kappa shape index (κ3) is 2.36. The van der Waals surface area contributed by atoms with E-state index >= 15 is 0 Å². The van der Waals surface area contributed by atoms with E-state index in [1.807, 2.05) is 6.07 Å². The number of hydrogen-bond donors (Lipinski definition) is 1. The van der Waals surface area contributed by atoms with Crippen LogP contribution in [0.25, 0.3) is 0 Å². The molecule has 0 unspecified atom stereocenters. The third-order valence-electron chi connectivity index (χ3n) is 3.27. The van der Waals surface area contributed by atoms with E-state index in [1.165, 1.54) is 4.31 Å². The van der Waals surface area contributed by atoms with Crippen molar-refractivity contribution in [3.05, 3.63) is 35.9 Å². The molecule has 0 aliphatic carbocycles. The lowest BCUT2D eigenvalue weighted by Gasteiger charge is -2.32. The number of aliphatic hydroxyl groups excluding tert-OH is 1. The molecular weight excluding hydrogens is 238 g/mol. The van der Waals surface area contributed by atoms with Gasteiger partial charge in [-0.3, -0.25) is 0 Å². The molecule has 5 heteroatoms. The maximum absolute atomic E-state index is 12.1. The van der Waals surface area contributed by atoms with E-state index in [0.29, 0.717) is 18.5 Å². The highest BCUT2D eigenvalue weighted by Crippen LogP contribution is 2.30. The molecule has 1 saturated heterocycles. The van der Waals surface area contributed by atoms with Crippen LogP contribution >= 0.6 is 0 Å². The minimum atomic E-state index is -3.37. The first kappa shape index (κ1) is 12.5. The Labute approximate surface area is 102 Å². The molecule has 0 saturated carbocycles. The SMILES string of the molecule is CN1CCC[C@H]([C@H](O)c2ccccc2)S1(=O)=O. The largest absolute Gasteiger partial charge is 0.387 e. The summed E-state index contributed by atoms with van der Waals surface area (Å²) in [6.45, 7) is 0.542. The Morgan fingerprint density at radius 2 is 2.00 bits per heavy atom. The van der Waals surface area contributed by atoms with Gasteiger partial charge in [-0.1, -0.05) is 30.3 Å².